The molecule has 0 aliphatic heterocycles. The van der Waals surface area contributed by atoms with Gasteiger partial charge in [0.25, 0.3) is 0 Å². The lowest BCUT2D eigenvalue weighted by molar-refractivity contribution is -0.184. The first-order valence-electron chi connectivity index (χ1n) is 3.39. The van der Waals surface area contributed by atoms with Crippen LogP contribution < -0.4 is 0 Å². The summed E-state index contributed by atoms with van der Waals surface area (Å²) in [6.07, 6.45) is -10.2. The predicted molar refractivity (Wildman–Crippen MR) is 35.6 cm³/mol. The molecule has 0 fully saturated rings. The molecule has 0 spiro atoms. The van der Waals surface area contributed by atoms with E-state index in [1.54, 1.807) is 0 Å². The fraction of sp³-hybridized carbons (Fsp3) is 0.714. The van der Waals surface area contributed by atoms with Crippen LogP contribution >= 0.6 is 0 Å². The fourth-order valence-electron chi connectivity index (χ4n) is 0.640. The molecular weight excluding hydrogens is 198 g/mol. The second-order valence-corrected chi connectivity index (χ2v) is 2.42. The molecule has 2 unspecified atom stereocenters. The summed E-state index contributed by atoms with van der Waals surface area (Å²) in [5.41, 5.74) is 0. The zero-order valence-electron chi connectivity index (χ0n) is 6.49. The van der Waals surface area contributed by atoms with Crippen LogP contribution in [0.25, 0.3) is 0 Å². The summed E-state index contributed by atoms with van der Waals surface area (Å²) in [6, 6.07) is 0. The fourth-order valence-corrected chi connectivity index (χ4v) is 0.640. The second kappa shape index (κ2) is 4.53. The molecule has 0 N–H and O–H groups in total. The largest absolute Gasteiger partial charge is 0.340 e. The second-order valence-electron chi connectivity index (χ2n) is 2.42. The zero-order valence-corrected chi connectivity index (χ0v) is 6.49. The normalized spacial score (nSPS) is 17.2. The van der Waals surface area contributed by atoms with Crippen LogP contribution in [0.2, 0.25) is 0 Å². The summed E-state index contributed by atoms with van der Waals surface area (Å²) >= 11 is 0. The average Bonchev–Trinajstić information content (AvgIpc) is 2.03. The first kappa shape index (κ1) is 12.3. The Kier molecular flexibility index (Phi) is 4.29. The molecular formula is C7H8F6. The highest BCUT2D eigenvalue weighted by Crippen LogP contribution is 2.32. The molecule has 6 heteroatoms. The number of hydrogen-bond acceptors (Lipinski definition) is 0. The molecule has 0 aliphatic carbocycles. The molecule has 0 aromatic carbocycles. The summed E-state index contributed by atoms with van der Waals surface area (Å²) < 4.78 is 71.9. The summed E-state index contributed by atoms with van der Waals surface area (Å²) in [4.78, 5) is 0. The maximum atomic E-state index is 12.4. The number of alkyl halides is 6. The molecule has 0 aromatic rings. The van der Waals surface area contributed by atoms with Gasteiger partial charge in [-0.3, -0.25) is 0 Å². The van der Waals surface area contributed by atoms with Gasteiger partial charge >= 0.3 is 12.3 Å². The third-order valence-corrected chi connectivity index (χ3v) is 1.37. The van der Waals surface area contributed by atoms with Crippen molar-refractivity contribution in [1.29, 1.82) is 0 Å². The van der Waals surface area contributed by atoms with E-state index in [0.29, 0.717) is 0 Å². The van der Waals surface area contributed by atoms with Gasteiger partial charge in [-0.05, 0) is 6.42 Å². The van der Waals surface area contributed by atoms with Crippen molar-refractivity contribution in [2.24, 2.45) is 0 Å². The quantitative estimate of drug-likeness (QED) is 0.478. The first-order chi connectivity index (χ1) is 5.84. The average molecular weight is 206 g/mol. The molecule has 0 rings (SSSR count). The van der Waals surface area contributed by atoms with Crippen LogP contribution in [0.5, 0.6) is 0 Å². The van der Waals surface area contributed by atoms with Gasteiger partial charge in [0.2, 0.25) is 6.17 Å². The molecule has 0 radical (unpaired) electrons. The number of rotatable bonds is 5. The molecule has 0 saturated carbocycles. The Morgan fingerprint density at radius 2 is 1.62 bits per heavy atom. The maximum absolute atomic E-state index is 12.4. The Balaban J connectivity index is 4.38. The van der Waals surface area contributed by atoms with Crippen LogP contribution in [0.4, 0.5) is 26.3 Å². The lowest BCUT2D eigenvalue weighted by Crippen LogP contribution is -2.43. The molecule has 2 atom stereocenters. The van der Waals surface area contributed by atoms with Crippen molar-refractivity contribution in [3.63, 3.8) is 0 Å². The summed E-state index contributed by atoms with van der Waals surface area (Å²) in [7, 11) is 0. The standard InChI is InChI=1S/C7H8F6/c1-2-3-4(8)5(9)7(12,13)6(10)11/h2,4-6H,1,3H2. The van der Waals surface area contributed by atoms with E-state index >= 15 is 0 Å². The van der Waals surface area contributed by atoms with E-state index in [1.807, 2.05) is 0 Å². The predicted octanol–water partition coefficient (Wildman–Crippen LogP) is 3.14. The van der Waals surface area contributed by atoms with E-state index < -0.39 is 31.1 Å². The molecule has 13 heavy (non-hydrogen) atoms. The van der Waals surface area contributed by atoms with Gasteiger partial charge in [-0.25, -0.2) is 17.6 Å². The Morgan fingerprint density at radius 3 is 1.92 bits per heavy atom. The van der Waals surface area contributed by atoms with Gasteiger partial charge < -0.3 is 0 Å². The van der Waals surface area contributed by atoms with Crippen molar-refractivity contribution in [2.45, 2.75) is 31.1 Å². The van der Waals surface area contributed by atoms with Gasteiger partial charge in [0.15, 0.2) is 0 Å². The van der Waals surface area contributed by atoms with Gasteiger partial charge in [0.1, 0.15) is 6.17 Å². The summed E-state index contributed by atoms with van der Waals surface area (Å²) in [5, 5.41) is 0. The van der Waals surface area contributed by atoms with Crippen LogP contribution in [-0.4, -0.2) is 24.7 Å². The maximum Gasteiger partial charge on any atom is 0.340 e. The lowest BCUT2D eigenvalue weighted by atomic mass is 10.1. The molecule has 0 bridgehead atoms. The van der Waals surface area contributed by atoms with E-state index in [1.165, 1.54) is 0 Å². The molecule has 0 heterocycles. The van der Waals surface area contributed by atoms with Crippen LogP contribution in [0, 0.1) is 0 Å². The van der Waals surface area contributed by atoms with Crippen molar-refractivity contribution >= 4 is 0 Å². The SMILES string of the molecule is C=CCC(F)C(F)C(F)(F)C(F)F. The van der Waals surface area contributed by atoms with Gasteiger partial charge in [0.05, 0.1) is 0 Å². The van der Waals surface area contributed by atoms with Crippen LogP contribution in [-0.2, 0) is 0 Å². The van der Waals surface area contributed by atoms with Crippen LogP contribution in [0.15, 0.2) is 12.7 Å². The molecule has 0 amide bonds. The molecule has 0 saturated heterocycles. The lowest BCUT2D eigenvalue weighted by Gasteiger charge is -2.21. The van der Waals surface area contributed by atoms with E-state index in [4.69, 9.17) is 0 Å². The topological polar surface area (TPSA) is 0 Å². The summed E-state index contributed by atoms with van der Waals surface area (Å²) in [6.45, 7) is 2.97. The molecule has 0 nitrogen and oxygen atoms in total. The first-order valence-corrected chi connectivity index (χ1v) is 3.39. The van der Waals surface area contributed by atoms with Crippen molar-refractivity contribution in [3.05, 3.63) is 12.7 Å². The molecule has 0 aromatic heterocycles. The molecule has 0 aliphatic rings. The van der Waals surface area contributed by atoms with Crippen molar-refractivity contribution in [3.8, 4) is 0 Å². The monoisotopic (exact) mass is 206 g/mol. The Morgan fingerprint density at radius 1 is 1.15 bits per heavy atom. The Labute approximate surface area is 71.2 Å². The Hall–Kier alpha value is -0.680. The third-order valence-electron chi connectivity index (χ3n) is 1.37. The van der Waals surface area contributed by atoms with Crippen molar-refractivity contribution < 1.29 is 26.3 Å². The minimum atomic E-state index is -4.94. The van der Waals surface area contributed by atoms with Crippen LogP contribution in [0.3, 0.4) is 0 Å². The smallest absolute Gasteiger partial charge is 0.244 e. The Bertz CT molecular complexity index is 166. The minimum absolute atomic E-state index is 0.719. The number of halogens is 6. The zero-order chi connectivity index (χ0) is 10.6. The number of allylic oxidation sites excluding steroid dienone is 1. The highest BCUT2D eigenvalue weighted by Gasteiger charge is 2.52. The van der Waals surface area contributed by atoms with Crippen LogP contribution in [0.1, 0.15) is 6.42 Å². The highest BCUT2D eigenvalue weighted by molar-refractivity contribution is 4.88. The summed E-state index contributed by atoms with van der Waals surface area (Å²) in [5.74, 6) is -4.94. The van der Waals surface area contributed by atoms with Gasteiger partial charge in [-0.1, -0.05) is 6.08 Å². The third kappa shape index (κ3) is 2.93. The van der Waals surface area contributed by atoms with E-state index in [0.717, 1.165) is 6.08 Å². The molecule has 78 valence electrons. The van der Waals surface area contributed by atoms with Gasteiger partial charge in [0, 0.05) is 0 Å². The van der Waals surface area contributed by atoms with E-state index in [9.17, 15) is 26.3 Å². The minimum Gasteiger partial charge on any atom is -0.244 e. The number of hydrogen-bond donors (Lipinski definition) is 0. The van der Waals surface area contributed by atoms with Gasteiger partial charge in [-0.15, -0.1) is 6.58 Å². The van der Waals surface area contributed by atoms with Crippen molar-refractivity contribution in [2.75, 3.05) is 0 Å². The van der Waals surface area contributed by atoms with Gasteiger partial charge in [-0.2, -0.15) is 8.78 Å². The van der Waals surface area contributed by atoms with Crippen molar-refractivity contribution in [1.82, 2.24) is 0 Å². The van der Waals surface area contributed by atoms with E-state index in [2.05, 4.69) is 6.58 Å². The van der Waals surface area contributed by atoms with E-state index in [-0.39, 0.29) is 0 Å². The highest BCUT2D eigenvalue weighted by atomic mass is 19.3.